The predicted octanol–water partition coefficient (Wildman–Crippen LogP) is 0.997. The predicted molar refractivity (Wildman–Crippen MR) is 72.0 cm³/mol. The lowest BCUT2D eigenvalue weighted by Gasteiger charge is -2.10. The molecule has 0 aliphatic rings. The highest BCUT2D eigenvalue weighted by Crippen LogP contribution is 2.19. The van der Waals surface area contributed by atoms with Crippen molar-refractivity contribution >= 4 is 15.7 Å². The third-order valence-corrected chi connectivity index (χ3v) is 3.99. The molecule has 1 heterocycles. The van der Waals surface area contributed by atoms with Gasteiger partial charge in [0, 0.05) is 13.2 Å². The van der Waals surface area contributed by atoms with Crippen LogP contribution in [0.25, 0.3) is 0 Å². The molecule has 7 heteroatoms. The van der Waals surface area contributed by atoms with Crippen molar-refractivity contribution in [2.45, 2.75) is 11.4 Å². The second kappa shape index (κ2) is 5.77. The van der Waals surface area contributed by atoms with Crippen LogP contribution in [0.1, 0.15) is 5.69 Å². The second-order valence-corrected chi connectivity index (χ2v) is 5.51. The molecule has 0 saturated heterocycles. The highest BCUT2D eigenvalue weighted by molar-refractivity contribution is 7.89. The van der Waals surface area contributed by atoms with Gasteiger partial charge in [0.2, 0.25) is 10.0 Å². The quantitative estimate of drug-likeness (QED) is 0.852. The van der Waals surface area contributed by atoms with Crippen LogP contribution in [0.3, 0.4) is 0 Å². The van der Waals surface area contributed by atoms with E-state index in [0.717, 1.165) is 0 Å². The summed E-state index contributed by atoms with van der Waals surface area (Å²) in [5, 5.41) is 2.86. The third-order valence-electron chi connectivity index (χ3n) is 2.53. The molecule has 0 fully saturated rings. The Morgan fingerprint density at radius 2 is 2.00 bits per heavy atom. The molecular formula is C12H14N4O2S. The van der Waals surface area contributed by atoms with Crippen molar-refractivity contribution < 1.29 is 8.42 Å². The summed E-state index contributed by atoms with van der Waals surface area (Å²) in [7, 11) is -1.89. The van der Waals surface area contributed by atoms with Crippen molar-refractivity contribution in [1.29, 1.82) is 0 Å². The van der Waals surface area contributed by atoms with Crippen LogP contribution in [0, 0.1) is 0 Å². The zero-order valence-corrected chi connectivity index (χ0v) is 11.2. The van der Waals surface area contributed by atoms with Gasteiger partial charge in [-0.05, 0) is 18.2 Å². The summed E-state index contributed by atoms with van der Waals surface area (Å²) < 4.78 is 26.9. The lowest BCUT2D eigenvalue weighted by atomic mass is 10.3. The Morgan fingerprint density at radius 3 is 2.68 bits per heavy atom. The van der Waals surface area contributed by atoms with Gasteiger partial charge in [-0.1, -0.05) is 12.1 Å². The molecule has 1 aromatic carbocycles. The summed E-state index contributed by atoms with van der Waals surface area (Å²) in [6.07, 6.45) is 2.95. The maximum atomic E-state index is 12.2. The summed E-state index contributed by atoms with van der Waals surface area (Å²) in [4.78, 5) is 7.96. The Labute approximate surface area is 112 Å². The van der Waals surface area contributed by atoms with Crippen molar-refractivity contribution in [3.8, 4) is 0 Å². The van der Waals surface area contributed by atoms with Crippen LogP contribution in [0.15, 0.2) is 47.8 Å². The average molecular weight is 278 g/mol. The van der Waals surface area contributed by atoms with E-state index in [4.69, 9.17) is 0 Å². The zero-order valence-electron chi connectivity index (χ0n) is 10.4. The molecule has 19 heavy (non-hydrogen) atoms. The van der Waals surface area contributed by atoms with E-state index in [1.807, 2.05) is 0 Å². The van der Waals surface area contributed by atoms with E-state index in [-0.39, 0.29) is 11.4 Å². The van der Waals surface area contributed by atoms with E-state index >= 15 is 0 Å². The summed E-state index contributed by atoms with van der Waals surface area (Å²) in [6.45, 7) is 0.128. The maximum Gasteiger partial charge on any atom is 0.242 e. The summed E-state index contributed by atoms with van der Waals surface area (Å²) in [5.74, 6) is 0. The van der Waals surface area contributed by atoms with Gasteiger partial charge < -0.3 is 5.32 Å². The number of aromatic nitrogens is 2. The molecule has 1 aromatic heterocycles. The van der Waals surface area contributed by atoms with E-state index < -0.39 is 10.0 Å². The second-order valence-electron chi connectivity index (χ2n) is 3.77. The highest BCUT2D eigenvalue weighted by Gasteiger charge is 2.17. The fourth-order valence-electron chi connectivity index (χ4n) is 1.58. The Bertz CT molecular complexity index is 644. The lowest BCUT2D eigenvalue weighted by Crippen LogP contribution is -2.24. The number of anilines is 1. The standard InChI is InChI=1S/C12H14N4O2S/c1-13-11-4-2-3-5-12(11)19(17,18)16-8-10-6-7-14-9-15-10/h2-7,9,13,16H,8H2,1H3. The molecule has 0 radical (unpaired) electrons. The molecule has 100 valence electrons. The van der Waals surface area contributed by atoms with Crippen LogP contribution in [0.4, 0.5) is 5.69 Å². The maximum absolute atomic E-state index is 12.2. The minimum atomic E-state index is -3.57. The third kappa shape index (κ3) is 3.27. The van der Waals surface area contributed by atoms with Gasteiger partial charge in [0.1, 0.15) is 11.2 Å². The number of para-hydroxylation sites is 1. The fourth-order valence-corrected chi connectivity index (χ4v) is 2.79. The van der Waals surface area contributed by atoms with Gasteiger partial charge in [-0.2, -0.15) is 0 Å². The van der Waals surface area contributed by atoms with Gasteiger partial charge >= 0.3 is 0 Å². The first-order valence-corrected chi connectivity index (χ1v) is 7.13. The largest absolute Gasteiger partial charge is 0.387 e. The normalized spacial score (nSPS) is 11.2. The molecule has 2 rings (SSSR count). The van der Waals surface area contributed by atoms with Gasteiger partial charge in [0.15, 0.2) is 0 Å². The van der Waals surface area contributed by atoms with Crippen molar-refractivity contribution in [2.24, 2.45) is 0 Å². The zero-order chi connectivity index (χ0) is 13.7. The number of nitrogens with zero attached hydrogens (tertiary/aromatic N) is 2. The number of nitrogens with one attached hydrogen (secondary N) is 2. The molecule has 0 saturated carbocycles. The van der Waals surface area contributed by atoms with E-state index in [1.165, 1.54) is 6.33 Å². The topological polar surface area (TPSA) is 84.0 Å². The molecular weight excluding hydrogens is 264 g/mol. The van der Waals surface area contributed by atoms with Crippen molar-refractivity contribution in [1.82, 2.24) is 14.7 Å². The first-order chi connectivity index (χ1) is 9.13. The Balaban J connectivity index is 2.19. The van der Waals surface area contributed by atoms with Crippen LogP contribution in [0.5, 0.6) is 0 Å². The molecule has 0 aliphatic heterocycles. The van der Waals surface area contributed by atoms with Crippen LogP contribution in [-0.4, -0.2) is 25.4 Å². The lowest BCUT2D eigenvalue weighted by molar-refractivity contribution is 0.580. The van der Waals surface area contributed by atoms with Crippen molar-refractivity contribution in [2.75, 3.05) is 12.4 Å². The highest BCUT2D eigenvalue weighted by atomic mass is 32.2. The number of benzene rings is 1. The van der Waals surface area contributed by atoms with Crippen LogP contribution in [-0.2, 0) is 16.6 Å². The molecule has 0 aliphatic carbocycles. The first kappa shape index (κ1) is 13.4. The van der Waals surface area contributed by atoms with Crippen molar-refractivity contribution in [3.63, 3.8) is 0 Å². The molecule has 2 aromatic rings. The smallest absolute Gasteiger partial charge is 0.242 e. The van der Waals surface area contributed by atoms with Gasteiger partial charge in [0.25, 0.3) is 0 Å². The van der Waals surface area contributed by atoms with E-state index in [2.05, 4.69) is 20.0 Å². The minimum Gasteiger partial charge on any atom is -0.387 e. The Kier molecular flexibility index (Phi) is 4.08. The SMILES string of the molecule is CNc1ccccc1S(=O)(=O)NCc1ccncn1. The molecule has 0 unspecified atom stereocenters. The van der Waals surface area contributed by atoms with E-state index in [1.54, 1.807) is 43.6 Å². The van der Waals surface area contributed by atoms with Gasteiger partial charge in [-0.25, -0.2) is 23.1 Å². The fraction of sp³-hybridized carbons (Fsp3) is 0.167. The summed E-state index contributed by atoms with van der Waals surface area (Å²) in [6, 6.07) is 8.37. The summed E-state index contributed by atoms with van der Waals surface area (Å²) in [5.41, 5.74) is 1.17. The van der Waals surface area contributed by atoms with Crippen LogP contribution in [0.2, 0.25) is 0 Å². The Hall–Kier alpha value is -1.99. The first-order valence-electron chi connectivity index (χ1n) is 5.65. The van der Waals surface area contributed by atoms with Crippen LogP contribution < -0.4 is 10.0 Å². The number of hydrogen-bond acceptors (Lipinski definition) is 5. The number of rotatable bonds is 5. The Morgan fingerprint density at radius 1 is 1.21 bits per heavy atom. The molecule has 0 amide bonds. The number of hydrogen-bond donors (Lipinski definition) is 2. The molecule has 0 spiro atoms. The van der Waals surface area contributed by atoms with Gasteiger partial charge in [-0.15, -0.1) is 0 Å². The number of sulfonamides is 1. The van der Waals surface area contributed by atoms with Gasteiger partial charge in [-0.3, -0.25) is 0 Å². The molecule has 0 atom stereocenters. The summed E-state index contributed by atoms with van der Waals surface area (Å²) >= 11 is 0. The van der Waals surface area contributed by atoms with Crippen LogP contribution >= 0.6 is 0 Å². The van der Waals surface area contributed by atoms with Crippen molar-refractivity contribution in [3.05, 3.63) is 48.5 Å². The van der Waals surface area contributed by atoms with E-state index in [0.29, 0.717) is 11.4 Å². The minimum absolute atomic E-state index is 0.128. The average Bonchev–Trinajstić information content (AvgIpc) is 2.46. The molecule has 0 bridgehead atoms. The molecule has 2 N–H and O–H groups in total. The van der Waals surface area contributed by atoms with E-state index in [9.17, 15) is 8.42 Å². The molecule has 6 nitrogen and oxygen atoms in total. The monoisotopic (exact) mass is 278 g/mol. The van der Waals surface area contributed by atoms with Gasteiger partial charge in [0.05, 0.1) is 17.9 Å².